The van der Waals surface area contributed by atoms with Crippen LogP contribution in [0.5, 0.6) is 5.75 Å². The quantitative estimate of drug-likeness (QED) is 0.183. The second-order valence-electron chi connectivity index (χ2n) is 9.49. The van der Waals surface area contributed by atoms with Crippen molar-refractivity contribution in [3.8, 4) is 5.75 Å². The third kappa shape index (κ3) is 7.36. The molecule has 4 rings (SSSR count). The summed E-state index contributed by atoms with van der Waals surface area (Å²) in [5.41, 5.74) is 8.97. The minimum absolute atomic E-state index is 0.0328. The van der Waals surface area contributed by atoms with Crippen LogP contribution in [-0.2, 0) is 11.3 Å². The van der Waals surface area contributed by atoms with Crippen molar-refractivity contribution in [3.05, 3.63) is 100 Å². The summed E-state index contributed by atoms with van der Waals surface area (Å²) < 4.78 is 10.2. The van der Waals surface area contributed by atoms with Crippen molar-refractivity contribution in [2.24, 2.45) is 10.7 Å². The van der Waals surface area contributed by atoms with Gasteiger partial charge in [-0.25, -0.2) is 4.79 Å². The Morgan fingerprint density at radius 1 is 0.927 bits per heavy atom. The largest absolute Gasteiger partial charge is 0.513 e. The van der Waals surface area contributed by atoms with Gasteiger partial charge in [0.1, 0.15) is 11.6 Å². The van der Waals surface area contributed by atoms with Crippen LogP contribution < -0.4 is 15.8 Å². The molecule has 1 saturated heterocycles. The molecule has 3 aromatic carbocycles. The molecule has 0 aromatic heterocycles. The minimum Gasteiger partial charge on any atom is -0.434 e. The highest BCUT2D eigenvalue weighted by Crippen LogP contribution is 2.22. The van der Waals surface area contributed by atoms with Crippen molar-refractivity contribution in [1.82, 2.24) is 10.2 Å². The zero-order valence-electron chi connectivity index (χ0n) is 23.0. The van der Waals surface area contributed by atoms with Crippen molar-refractivity contribution < 1.29 is 28.7 Å². The van der Waals surface area contributed by atoms with Gasteiger partial charge in [0.15, 0.2) is 0 Å². The van der Waals surface area contributed by atoms with Gasteiger partial charge < -0.3 is 25.4 Å². The molecule has 1 fully saturated rings. The standard InChI is InChI=1S/C31H32N4O6/c1-3-40-31(39)41-26-14-12-22(27(32)34-29(37)21-9-5-4-6-10-21)18-24(26)19-33-28(36)23-11-13-25(20(2)17-23)30(38)35-15-7-8-16-35/h4-6,9-14,17-18H,3,7-8,15-16,19H2,1-2H3,(H,33,36)(H2,32,34,37). The summed E-state index contributed by atoms with van der Waals surface area (Å²) in [4.78, 5) is 56.2. The molecule has 1 aliphatic rings. The number of aliphatic imine (C=N–C) groups is 1. The molecule has 212 valence electrons. The van der Waals surface area contributed by atoms with Gasteiger partial charge in [0, 0.05) is 47.5 Å². The number of ether oxygens (including phenoxy) is 2. The van der Waals surface area contributed by atoms with Gasteiger partial charge in [-0.15, -0.1) is 0 Å². The molecule has 10 heteroatoms. The van der Waals surface area contributed by atoms with Gasteiger partial charge in [0.2, 0.25) is 0 Å². The smallest absolute Gasteiger partial charge is 0.434 e. The number of likely N-dealkylation sites (tertiary alicyclic amines) is 1. The molecule has 0 unspecified atom stereocenters. The van der Waals surface area contributed by atoms with Gasteiger partial charge in [-0.3, -0.25) is 14.4 Å². The number of benzene rings is 3. The fourth-order valence-corrected chi connectivity index (χ4v) is 4.45. The predicted molar refractivity (Wildman–Crippen MR) is 153 cm³/mol. The topological polar surface area (TPSA) is 140 Å². The molecular weight excluding hydrogens is 524 g/mol. The second kappa shape index (κ2) is 13.4. The van der Waals surface area contributed by atoms with Gasteiger partial charge in [-0.05, 0) is 80.8 Å². The third-order valence-electron chi connectivity index (χ3n) is 6.61. The molecule has 0 bridgehead atoms. The number of aryl methyl sites for hydroxylation is 1. The van der Waals surface area contributed by atoms with Crippen molar-refractivity contribution in [1.29, 1.82) is 0 Å². The lowest BCUT2D eigenvalue weighted by atomic mass is 10.0. The summed E-state index contributed by atoms with van der Waals surface area (Å²) >= 11 is 0. The number of hydrogen-bond donors (Lipinski definition) is 2. The van der Waals surface area contributed by atoms with E-state index in [1.807, 2.05) is 4.90 Å². The first-order valence-corrected chi connectivity index (χ1v) is 13.4. The SMILES string of the molecule is CCOC(=O)Oc1ccc(C(N)=NC(=O)c2ccccc2)cc1CNC(=O)c1ccc(C(=O)N2CCCC2)c(C)c1. The van der Waals surface area contributed by atoms with E-state index in [4.69, 9.17) is 15.2 Å². The summed E-state index contributed by atoms with van der Waals surface area (Å²) in [7, 11) is 0. The van der Waals surface area contributed by atoms with Gasteiger partial charge >= 0.3 is 6.16 Å². The Balaban J connectivity index is 1.53. The average molecular weight is 557 g/mol. The summed E-state index contributed by atoms with van der Waals surface area (Å²) in [6, 6.07) is 18.1. The van der Waals surface area contributed by atoms with E-state index in [-0.39, 0.29) is 36.6 Å². The molecule has 1 heterocycles. The molecule has 0 saturated carbocycles. The molecule has 1 aliphatic heterocycles. The number of rotatable bonds is 8. The Kier molecular flexibility index (Phi) is 9.47. The summed E-state index contributed by atoms with van der Waals surface area (Å²) in [5.74, 6) is -0.816. The summed E-state index contributed by atoms with van der Waals surface area (Å²) in [5, 5.41) is 2.81. The maximum atomic E-state index is 13.0. The number of nitrogens with one attached hydrogen (secondary N) is 1. The van der Waals surface area contributed by atoms with E-state index in [1.165, 1.54) is 6.07 Å². The number of amidine groups is 1. The number of nitrogens with zero attached hydrogens (tertiary/aromatic N) is 2. The summed E-state index contributed by atoms with van der Waals surface area (Å²) in [6.07, 6.45) is 1.09. The van der Waals surface area contributed by atoms with Crippen LogP contribution in [0.4, 0.5) is 4.79 Å². The van der Waals surface area contributed by atoms with E-state index in [9.17, 15) is 19.2 Å². The van der Waals surface area contributed by atoms with Crippen LogP contribution in [-0.4, -0.2) is 54.3 Å². The van der Waals surface area contributed by atoms with Gasteiger partial charge in [-0.2, -0.15) is 4.99 Å². The van der Waals surface area contributed by atoms with Gasteiger partial charge in [0.25, 0.3) is 17.7 Å². The van der Waals surface area contributed by atoms with Crippen LogP contribution in [0.1, 0.15) is 67.5 Å². The maximum Gasteiger partial charge on any atom is 0.513 e. The highest BCUT2D eigenvalue weighted by molar-refractivity contribution is 6.09. The predicted octanol–water partition coefficient (Wildman–Crippen LogP) is 4.24. The molecule has 0 atom stereocenters. The number of carbonyl (C=O) groups excluding carboxylic acids is 4. The van der Waals surface area contributed by atoms with Crippen LogP contribution in [0, 0.1) is 6.92 Å². The minimum atomic E-state index is -0.900. The van der Waals surface area contributed by atoms with Crippen LogP contribution in [0.15, 0.2) is 71.7 Å². The van der Waals surface area contributed by atoms with Crippen molar-refractivity contribution in [2.75, 3.05) is 19.7 Å². The van der Waals surface area contributed by atoms with Crippen molar-refractivity contribution in [2.45, 2.75) is 33.2 Å². The number of nitrogens with two attached hydrogens (primary N) is 1. The first-order valence-electron chi connectivity index (χ1n) is 13.4. The lowest BCUT2D eigenvalue weighted by Gasteiger charge is -2.17. The van der Waals surface area contributed by atoms with Crippen LogP contribution >= 0.6 is 0 Å². The number of amides is 3. The first kappa shape index (κ1) is 29.0. The number of hydrogen-bond acceptors (Lipinski definition) is 6. The fourth-order valence-electron chi connectivity index (χ4n) is 4.45. The molecule has 3 aromatic rings. The Morgan fingerprint density at radius 3 is 2.32 bits per heavy atom. The van der Waals surface area contributed by atoms with Crippen LogP contribution in [0.2, 0.25) is 0 Å². The van der Waals surface area contributed by atoms with Crippen LogP contribution in [0.25, 0.3) is 0 Å². The molecule has 0 aliphatic carbocycles. The molecule has 3 amide bonds. The second-order valence-corrected chi connectivity index (χ2v) is 9.49. The van der Waals surface area contributed by atoms with Gasteiger partial charge in [0.05, 0.1) is 6.61 Å². The molecular formula is C31H32N4O6. The third-order valence-corrected chi connectivity index (χ3v) is 6.61. The normalized spacial score (nSPS) is 13.0. The van der Waals surface area contributed by atoms with E-state index in [0.29, 0.717) is 33.4 Å². The fraction of sp³-hybridized carbons (Fsp3) is 0.258. The lowest BCUT2D eigenvalue weighted by molar-refractivity contribution is 0.0790. The highest BCUT2D eigenvalue weighted by atomic mass is 16.7. The van der Waals surface area contributed by atoms with E-state index in [1.54, 1.807) is 74.5 Å². The maximum absolute atomic E-state index is 13.0. The van der Waals surface area contributed by atoms with Gasteiger partial charge in [-0.1, -0.05) is 18.2 Å². The lowest BCUT2D eigenvalue weighted by Crippen LogP contribution is -2.28. The Morgan fingerprint density at radius 2 is 1.63 bits per heavy atom. The molecule has 0 radical (unpaired) electrons. The van der Waals surface area contributed by atoms with Crippen LogP contribution in [0.3, 0.4) is 0 Å². The Labute approximate surface area is 238 Å². The zero-order chi connectivity index (χ0) is 29.4. The van der Waals surface area contributed by atoms with E-state index in [0.717, 1.165) is 25.9 Å². The Bertz CT molecular complexity index is 1480. The average Bonchev–Trinajstić information content (AvgIpc) is 3.52. The molecule has 3 N–H and O–H groups in total. The van der Waals surface area contributed by atoms with Crippen molar-refractivity contribution in [3.63, 3.8) is 0 Å². The molecule has 41 heavy (non-hydrogen) atoms. The first-order chi connectivity index (χ1) is 19.8. The Hall–Kier alpha value is -4.99. The zero-order valence-corrected chi connectivity index (χ0v) is 23.0. The van der Waals surface area contributed by atoms with E-state index >= 15 is 0 Å². The highest BCUT2D eigenvalue weighted by Gasteiger charge is 2.22. The molecule has 0 spiro atoms. The van der Waals surface area contributed by atoms with E-state index in [2.05, 4.69) is 10.3 Å². The van der Waals surface area contributed by atoms with E-state index < -0.39 is 12.1 Å². The van der Waals surface area contributed by atoms with Crippen molar-refractivity contribution >= 4 is 29.7 Å². The summed E-state index contributed by atoms with van der Waals surface area (Å²) in [6.45, 7) is 5.03. The molecule has 10 nitrogen and oxygen atoms in total. The number of carbonyl (C=O) groups is 4. The monoisotopic (exact) mass is 556 g/mol.